The van der Waals surface area contributed by atoms with Crippen molar-refractivity contribution >= 4 is 11.6 Å². The smallest absolute Gasteiger partial charge is 0.193 e. The Kier molecular flexibility index (Phi) is 3.46. The van der Waals surface area contributed by atoms with E-state index in [1.54, 1.807) is 12.1 Å². The molecule has 1 aromatic heterocycles. The van der Waals surface area contributed by atoms with E-state index in [1.165, 1.54) is 0 Å². The van der Waals surface area contributed by atoms with E-state index in [4.69, 9.17) is 26.6 Å². The SMILES string of the molecule is NNC(c1cccc(OC2CC2)c1)c1ccc(Cl)o1. The fraction of sp³-hybridized carbons (Fsp3) is 0.286. The number of ether oxygens (including phenoxy) is 1. The van der Waals surface area contributed by atoms with Gasteiger partial charge in [0.25, 0.3) is 0 Å². The van der Waals surface area contributed by atoms with Crippen LogP contribution < -0.4 is 16.0 Å². The van der Waals surface area contributed by atoms with E-state index in [9.17, 15) is 0 Å². The lowest BCUT2D eigenvalue weighted by molar-refractivity contribution is 0.302. The summed E-state index contributed by atoms with van der Waals surface area (Å²) in [6.45, 7) is 0. The van der Waals surface area contributed by atoms with E-state index < -0.39 is 0 Å². The van der Waals surface area contributed by atoms with Crippen molar-refractivity contribution in [3.63, 3.8) is 0 Å². The highest BCUT2D eigenvalue weighted by Gasteiger charge is 2.24. The summed E-state index contributed by atoms with van der Waals surface area (Å²) in [5.74, 6) is 7.15. The molecule has 19 heavy (non-hydrogen) atoms. The predicted molar refractivity (Wildman–Crippen MR) is 73.0 cm³/mol. The average Bonchev–Trinajstić information content (AvgIpc) is 3.12. The van der Waals surface area contributed by atoms with Crippen LogP contribution >= 0.6 is 11.6 Å². The highest BCUT2D eigenvalue weighted by atomic mass is 35.5. The Labute approximate surface area is 116 Å². The van der Waals surface area contributed by atoms with Gasteiger partial charge in [0.2, 0.25) is 0 Å². The topological polar surface area (TPSA) is 60.4 Å². The zero-order valence-corrected chi connectivity index (χ0v) is 11.1. The second-order valence-electron chi connectivity index (χ2n) is 4.63. The maximum Gasteiger partial charge on any atom is 0.193 e. The van der Waals surface area contributed by atoms with Crippen molar-refractivity contribution in [3.8, 4) is 5.75 Å². The monoisotopic (exact) mass is 278 g/mol. The van der Waals surface area contributed by atoms with E-state index in [-0.39, 0.29) is 6.04 Å². The third-order valence-electron chi connectivity index (χ3n) is 3.06. The quantitative estimate of drug-likeness (QED) is 0.652. The zero-order valence-electron chi connectivity index (χ0n) is 10.3. The number of benzene rings is 1. The molecule has 4 nitrogen and oxygen atoms in total. The summed E-state index contributed by atoms with van der Waals surface area (Å²) in [6, 6.07) is 11.1. The summed E-state index contributed by atoms with van der Waals surface area (Å²) in [5, 5.41) is 0.348. The van der Waals surface area contributed by atoms with Gasteiger partial charge in [0.15, 0.2) is 5.22 Å². The Hall–Kier alpha value is -1.49. The lowest BCUT2D eigenvalue weighted by atomic mass is 10.1. The number of halogens is 1. The lowest BCUT2D eigenvalue weighted by Crippen LogP contribution is -2.28. The van der Waals surface area contributed by atoms with Gasteiger partial charge >= 0.3 is 0 Å². The molecule has 100 valence electrons. The average molecular weight is 279 g/mol. The van der Waals surface area contributed by atoms with E-state index in [1.807, 2.05) is 24.3 Å². The van der Waals surface area contributed by atoms with E-state index >= 15 is 0 Å². The molecule has 0 bridgehead atoms. The van der Waals surface area contributed by atoms with Gasteiger partial charge in [-0.15, -0.1) is 0 Å². The molecule has 0 amide bonds. The highest BCUT2D eigenvalue weighted by Crippen LogP contribution is 2.30. The third kappa shape index (κ3) is 2.92. The molecule has 0 radical (unpaired) electrons. The van der Waals surface area contributed by atoms with Gasteiger partial charge in [-0.1, -0.05) is 12.1 Å². The molecule has 1 saturated carbocycles. The maximum atomic E-state index is 5.80. The van der Waals surface area contributed by atoms with Crippen molar-refractivity contribution in [1.29, 1.82) is 0 Å². The number of hydrogen-bond donors (Lipinski definition) is 2. The van der Waals surface area contributed by atoms with Crippen LogP contribution in [-0.2, 0) is 0 Å². The minimum absolute atomic E-state index is 0.241. The van der Waals surface area contributed by atoms with Gasteiger partial charge in [-0.05, 0) is 54.3 Å². The number of nitrogens with two attached hydrogens (primary N) is 1. The van der Waals surface area contributed by atoms with Crippen LogP contribution in [0.25, 0.3) is 0 Å². The number of nitrogens with one attached hydrogen (secondary N) is 1. The molecule has 3 N–H and O–H groups in total. The van der Waals surface area contributed by atoms with Crippen LogP contribution in [0.1, 0.15) is 30.2 Å². The number of hydrazine groups is 1. The Morgan fingerprint density at radius 2 is 2.16 bits per heavy atom. The molecule has 1 fully saturated rings. The second kappa shape index (κ2) is 5.25. The predicted octanol–water partition coefficient (Wildman–Crippen LogP) is 3.03. The molecular formula is C14H15ClN2O2. The first kappa shape index (κ1) is 12.5. The fourth-order valence-electron chi connectivity index (χ4n) is 1.97. The first-order valence-corrected chi connectivity index (χ1v) is 6.62. The molecule has 2 aromatic rings. The van der Waals surface area contributed by atoms with Gasteiger partial charge in [0.1, 0.15) is 17.6 Å². The van der Waals surface area contributed by atoms with Gasteiger partial charge in [-0.25, -0.2) is 5.43 Å². The molecular weight excluding hydrogens is 264 g/mol. The van der Waals surface area contributed by atoms with E-state index in [0.717, 1.165) is 24.2 Å². The summed E-state index contributed by atoms with van der Waals surface area (Å²) in [4.78, 5) is 0. The second-order valence-corrected chi connectivity index (χ2v) is 5.00. The standard InChI is InChI=1S/C14H15ClN2O2/c15-13-7-6-12(19-13)14(17-16)9-2-1-3-11(8-9)18-10-4-5-10/h1-3,6-8,10,14,17H,4-5,16H2. The number of hydrogen-bond acceptors (Lipinski definition) is 4. The highest BCUT2D eigenvalue weighted by molar-refractivity contribution is 6.28. The first-order valence-electron chi connectivity index (χ1n) is 6.24. The van der Waals surface area contributed by atoms with Gasteiger partial charge < -0.3 is 9.15 Å². The van der Waals surface area contributed by atoms with Crippen molar-refractivity contribution in [3.05, 3.63) is 52.9 Å². The molecule has 0 aliphatic heterocycles. The summed E-state index contributed by atoms with van der Waals surface area (Å²) >= 11 is 5.80. The summed E-state index contributed by atoms with van der Waals surface area (Å²) in [7, 11) is 0. The fourth-order valence-corrected chi connectivity index (χ4v) is 2.12. The Bertz CT molecular complexity index is 566. The van der Waals surface area contributed by atoms with Crippen LogP contribution in [0.15, 0.2) is 40.8 Å². The molecule has 3 rings (SSSR count). The van der Waals surface area contributed by atoms with Gasteiger partial charge in [-0.2, -0.15) is 0 Å². The molecule has 1 unspecified atom stereocenters. The molecule has 5 heteroatoms. The summed E-state index contributed by atoms with van der Waals surface area (Å²) < 4.78 is 11.2. The van der Waals surface area contributed by atoms with Crippen LogP contribution in [0.3, 0.4) is 0 Å². The van der Waals surface area contributed by atoms with Crippen LogP contribution in [-0.4, -0.2) is 6.10 Å². The molecule has 1 aromatic carbocycles. The summed E-state index contributed by atoms with van der Waals surface area (Å²) in [6.07, 6.45) is 2.64. The molecule has 0 spiro atoms. The van der Waals surface area contributed by atoms with Gasteiger partial charge in [-0.3, -0.25) is 5.84 Å². The van der Waals surface area contributed by atoms with E-state index in [0.29, 0.717) is 17.1 Å². The Morgan fingerprint density at radius 1 is 1.32 bits per heavy atom. The van der Waals surface area contributed by atoms with Crippen LogP contribution in [0.2, 0.25) is 5.22 Å². The Balaban J connectivity index is 1.85. The Morgan fingerprint density at radius 3 is 2.79 bits per heavy atom. The van der Waals surface area contributed by atoms with Crippen molar-refractivity contribution in [1.82, 2.24) is 5.43 Å². The molecule has 1 atom stereocenters. The minimum atomic E-state index is -0.241. The molecule has 1 heterocycles. The zero-order chi connectivity index (χ0) is 13.2. The molecule has 1 aliphatic carbocycles. The lowest BCUT2D eigenvalue weighted by Gasteiger charge is -2.15. The van der Waals surface area contributed by atoms with Crippen LogP contribution in [0.5, 0.6) is 5.75 Å². The van der Waals surface area contributed by atoms with Crippen molar-refractivity contribution in [2.24, 2.45) is 5.84 Å². The first-order chi connectivity index (χ1) is 9.26. The molecule has 1 aliphatic rings. The van der Waals surface area contributed by atoms with Crippen molar-refractivity contribution < 1.29 is 9.15 Å². The van der Waals surface area contributed by atoms with Gasteiger partial charge in [0.05, 0.1) is 6.10 Å². The number of furan rings is 1. The van der Waals surface area contributed by atoms with Crippen molar-refractivity contribution in [2.75, 3.05) is 0 Å². The van der Waals surface area contributed by atoms with E-state index in [2.05, 4.69) is 5.43 Å². The maximum absolute atomic E-state index is 5.80. The summed E-state index contributed by atoms with van der Waals surface area (Å²) in [5.41, 5.74) is 3.71. The molecule has 0 saturated heterocycles. The third-order valence-corrected chi connectivity index (χ3v) is 3.27. The van der Waals surface area contributed by atoms with Crippen LogP contribution in [0.4, 0.5) is 0 Å². The van der Waals surface area contributed by atoms with Crippen LogP contribution in [0, 0.1) is 0 Å². The normalized spacial score (nSPS) is 16.3. The largest absolute Gasteiger partial charge is 0.490 e. The number of rotatable bonds is 5. The minimum Gasteiger partial charge on any atom is -0.490 e. The van der Waals surface area contributed by atoms with Gasteiger partial charge in [0, 0.05) is 0 Å². The van der Waals surface area contributed by atoms with Crippen molar-refractivity contribution in [2.45, 2.75) is 25.0 Å².